The molecule has 0 atom stereocenters. The number of benzene rings is 2. The molecule has 19 heavy (non-hydrogen) atoms. The van der Waals surface area contributed by atoms with Gasteiger partial charge in [0.1, 0.15) is 12.4 Å². The molecule has 96 valence electrons. The number of thiophene rings is 1. The van der Waals surface area contributed by atoms with Crippen LogP contribution in [0, 0.1) is 6.92 Å². The summed E-state index contributed by atoms with van der Waals surface area (Å²) in [6.07, 6.45) is 0. The summed E-state index contributed by atoms with van der Waals surface area (Å²) in [4.78, 5) is 0. The van der Waals surface area contributed by atoms with E-state index >= 15 is 0 Å². The third-order valence-electron chi connectivity index (χ3n) is 3.00. The summed E-state index contributed by atoms with van der Waals surface area (Å²) in [5.41, 5.74) is 2.51. The van der Waals surface area contributed by atoms with Gasteiger partial charge >= 0.3 is 0 Å². The van der Waals surface area contributed by atoms with E-state index in [0.29, 0.717) is 11.6 Å². The molecule has 0 fully saturated rings. The zero-order valence-electron chi connectivity index (χ0n) is 10.5. The van der Waals surface area contributed by atoms with Crippen LogP contribution in [0.1, 0.15) is 11.1 Å². The molecule has 3 rings (SSSR count). The largest absolute Gasteiger partial charge is 0.489 e. The highest BCUT2D eigenvalue weighted by atomic mass is 35.5. The SMILES string of the molecule is Cc1ccc2c(COc3cccc(Cl)c3)csc2c1. The number of fused-ring (bicyclic) bond motifs is 1. The van der Waals surface area contributed by atoms with Crippen molar-refractivity contribution in [1.82, 2.24) is 0 Å². The molecule has 0 saturated heterocycles. The third kappa shape index (κ3) is 2.75. The van der Waals surface area contributed by atoms with Crippen molar-refractivity contribution in [2.75, 3.05) is 0 Å². The van der Waals surface area contributed by atoms with Crippen molar-refractivity contribution in [2.45, 2.75) is 13.5 Å². The van der Waals surface area contributed by atoms with Gasteiger partial charge in [-0.3, -0.25) is 0 Å². The number of ether oxygens (including phenoxy) is 1. The van der Waals surface area contributed by atoms with Crippen molar-refractivity contribution in [3.05, 3.63) is 64.0 Å². The van der Waals surface area contributed by atoms with E-state index in [1.54, 1.807) is 11.3 Å². The lowest BCUT2D eigenvalue weighted by Gasteiger charge is -2.05. The lowest BCUT2D eigenvalue weighted by Crippen LogP contribution is -1.94. The summed E-state index contributed by atoms with van der Waals surface area (Å²) >= 11 is 7.70. The minimum atomic E-state index is 0.573. The standard InChI is InChI=1S/C16H13ClOS/c1-11-5-6-15-12(10-19-16(15)7-11)9-18-14-4-2-3-13(17)8-14/h2-8,10H,9H2,1H3. The van der Waals surface area contributed by atoms with Gasteiger partial charge in [-0.2, -0.15) is 0 Å². The number of halogens is 1. The van der Waals surface area contributed by atoms with Gasteiger partial charge in [0.15, 0.2) is 0 Å². The van der Waals surface area contributed by atoms with Gasteiger partial charge in [0.2, 0.25) is 0 Å². The molecule has 0 N–H and O–H groups in total. The van der Waals surface area contributed by atoms with Crippen LogP contribution in [0.4, 0.5) is 0 Å². The van der Waals surface area contributed by atoms with Crippen molar-refractivity contribution < 1.29 is 4.74 Å². The predicted octanol–water partition coefficient (Wildman–Crippen LogP) is 5.44. The van der Waals surface area contributed by atoms with Crippen LogP contribution in [0.5, 0.6) is 5.75 Å². The first kappa shape index (κ1) is 12.5. The quantitative estimate of drug-likeness (QED) is 0.623. The van der Waals surface area contributed by atoms with Gasteiger partial charge in [0.25, 0.3) is 0 Å². The molecule has 3 aromatic rings. The number of hydrogen-bond acceptors (Lipinski definition) is 2. The summed E-state index contributed by atoms with van der Waals surface area (Å²) < 4.78 is 7.10. The molecule has 0 amide bonds. The van der Waals surface area contributed by atoms with Crippen molar-refractivity contribution in [1.29, 1.82) is 0 Å². The Labute approximate surface area is 121 Å². The Morgan fingerprint density at radius 3 is 2.89 bits per heavy atom. The second kappa shape index (κ2) is 5.24. The highest BCUT2D eigenvalue weighted by Crippen LogP contribution is 2.28. The van der Waals surface area contributed by atoms with Crippen LogP contribution < -0.4 is 4.74 Å². The molecule has 0 aliphatic heterocycles. The fourth-order valence-corrected chi connectivity index (χ4v) is 3.24. The molecule has 0 unspecified atom stereocenters. The Kier molecular flexibility index (Phi) is 3.45. The zero-order chi connectivity index (χ0) is 13.2. The number of aryl methyl sites for hydroxylation is 1. The Bertz CT molecular complexity index is 718. The molecule has 0 aliphatic carbocycles. The third-order valence-corrected chi connectivity index (χ3v) is 4.23. The average molecular weight is 289 g/mol. The van der Waals surface area contributed by atoms with Crippen LogP contribution in [-0.4, -0.2) is 0 Å². The average Bonchev–Trinajstić information content (AvgIpc) is 2.78. The first-order valence-corrected chi connectivity index (χ1v) is 7.33. The Hall–Kier alpha value is -1.51. The summed E-state index contributed by atoms with van der Waals surface area (Å²) in [5, 5.41) is 4.13. The molecule has 1 aromatic heterocycles. The van der Waals surface area contributed by atoms with E-state index in [4.69, 9.17) is 16.3 Å². The van der Waals surface area contributed by atoms with Gasteiger partial charge in [-0.25, -0.2) is 0 Å². The van der Waals surface area contributed by atoms with E-state index in [1.165, 1.54) is 21.2 Å². The van der Waals surface area contributed by atoms with E-state index in [9.17, 15) is 0 Å². The molecule has 2 aromatic carbocycles. The first-order valence-electron chi connectivity index (χ1n) is 6.07. The van der Waals surface area contributed by atoms with E-state index in [-0.39, 0.29) is 0 Å². The van der Waals surface area contributed by atoms with Crippen LogP contribution in [0.2, 0.25) is 5.02 Å². The fourth-order valence-electron chi connectivity index (χ4n) is 2.02. The van der Waals surface area contributed by atoms with Gasteiger partial charge in [0.05, 0.1) is 0 Å². The zero-order valence-corrected chi connectivity index (χ0v) is 12.1. The molecule has 0 saturated carbocycles. The highest BCUT2D eigenvalue weighted by molar-refractivity contribution is 7.17. The molecule has 1 nitrogen and oxygen atoms in total. The van der Waals surface area contributed by atoms with Crippen LogP contribution >= 0.6 is 22.9 Å². The summed E-state index contributed by atoms with van der Waals surface area (Å²) in [5.74, 6) is 0.805. The van der Waals surface area contributed by atoms with Gasteiger partial charge in [-0.15, -0.1) is 11.3 Å². The number of rotatable bonds is 3. The maximum absolute atomic E-state index is 5.94. The summed E-state index contributed by atoms with van der Waals surface area (Å²) in [6.45, 7) is 2.69. The molecule has 0 spiro atoms. The molecule has 0 bridgehead atoms. The minimum absolute atomic E-state index is 0.573. The van der Waals surface area contributed by atoms with Crippen LogP contribution in [0.25, 0.3) is 10.1 Å². The molecule has 0 aliphatic rings. The summed E-state index contributed by atoms with van der Waals surface area (Å²) in [7, 11) is 0. The molecule has 0 radical (unpaired) electrons. The van der Waals surface area contributed by atoms with E-state index in [1.807, 2.05) is 24.3 Å². The molecule has 3 heteroatoms. The monoisotopic (exact) mass is 288 g/mol. The van der Waals surface area contributed by atoms with Gasteiger partial charge in [-0.1, -0.05) is 29.8 Å². The van der Waals surface area contributed by atoms with Crippen LogP contribution in [0.3, 0.4) is 0 Å². The lowest BCUT2D eigenvalue weighted by molar-refractivity contribution is 0.308. The molecular weight excluding hydrogens is 276 g/mol. The normalized spacial score (nSPS) is 10.8. The van der Waals surface area contributed by atoms with Crippen LogP contribution in [-0.2, 0) is 6.61 Å². The van der Waals surface area contributed by atoms with Gasteiger partial charge < -0.3 is 4.74 Å². The number of hydrogen-bond donors (Lipinski definition) is 0. The van der Waals surface area contributed by atoms with Crippen LogP contribution in [0.15, 0.2) is 47.8 Å². The van der Waals surface area contributed by atoms with E-state index < -0.39 is 0 Å². The Balaban J connectivity index is 1.82. The predicted molar refractivity (Wildman–Crippen MR) is 82.3 cm³/mol. The molecule has 1 heterocycles. The lowest BCUT2D eigenvalue weighted by atomic mass is 10.1. The maximum atomic E-state index is 5.94. The van der Waals surface area contributed by atoms with Crippen molar-refractivity contribution in [3.63, 3.8) is 0 Å². The summed E-state index contributed by atoms with van der Waals surface area (Å²) in [6, 6.07) is 14.0. The van der Waals surface area contributed by atoms with Crippen molar-refractivity contribution in [3.8, 4) is 5.75 Å². The smallest absolute Gasteiger partial charge is 0.121 e. The van der Waals surface area contributed by atoms with E-state index in [2.05, 4.69) is 30.5 Å². The first-order chi connectivity index (χ1) is 9.22. The molecular formula is C16H13ClOS. The highest BCUT2D eigenvalue weighted by Gasteiger charge is 2.05. The van der Waals surface area contributed by atoms with Gasteiger partial charge in [-0.05, 0) is 47.5 Å². The minimum Gasteiger partial charge on any atom is -0.489 e. The van der Waals surface area contributed by atoms with Crippen molar-refractivity contribution >= 4 is 33.0 Å². The maximum Gasteiger partial charge on any atom is 0.121 e. The van der Waals surface area contributed by atoms with E-state index in [0.717, 1.165) is 5.75 Å². The fraction of sp³-hybridized carbons (Fsp3) is 0.125. The Morgan fingerprint density at radius 2 is 2.05 bits per heavy atom. The van der Waals surface area contributed by atoms with Crippen molar-refractivity contribution in [2.24, 2.45) is 0 Å². The second-order valence-corrected chi connectivity index (χ2v) is 5.85. The Morgan fingerprint density at radius 1 is 1.16 bits per heavy atom. The topological polar surface area (TPSA) is 9.23 Å². The second-order valence-electron chi connectivity index (χ2n) is 4.51. The van der Waals surface area contributed by atoms with Gasteiger partial charge in [0, 0.05) is 15.3 Å².